The van der Waals surface area contributed by atoms with Crippen molar-refractivity contribution in [2.24, 2.45) is 11.3 Å². The molecule has 2 aliphatic carbocycles. The van der Waals surface area contributed by atoms with E-state index in [0.29, 0.717) is 29.4 Å². The Labute approximate surface area is 215 Å². The second-order valence-electron chi connectivity index (χ2n) is 10.4. The Morgan fingerprint density at radius 3 is 2.43 bits per heavy atom. The standard InChI is InChI=1S/C28H32N4O5/c33-24(34)16-19-8-12-28(13-9-19)14-10-21(11-15-28)23-7-6-22(17-29-23)30-25(35)26-31-27(32-37-26)36-18-20-4-2-1-3-5-20/h1-7,17,19,21H,8-16,18H2,(H,30,35)(H,33,34). The third-order valence-corrected chi connectivity index (χ3v) is 7.95. The maximum atomic E-state index is 12.5. The van der Waals surface area contributed by atoms with Crippen molar-refractivity contribution in [1.29, 1.82) is 0 Å². The molecule has 0 bridgehead atoms. The van der Waals surface area contributed by atoms with Gasteiger partial charge in [0, 0.05) is 18.0 Å². The second kappa shape index (κ2) is 11.1. The van der Waals surface area contributed by atoms with Crippen LogP contribution in [0.3, 0.4) is 0 Å². The average Bonchev–Trinajstić information content (AvgIpc) is 3.40. The van der Waals surface area contributed by atoms with Crippen molar-refractivity contribution in [3.63, 3.8) is 0 Å². The summed E-state index contributed by atoms with van der Waals surface area (Å²) in [6.45, 7) is 0.278. The predicted octanol–water partition coefficient (Wildman–Crippen LogP) is 5.60. The molecule has 0 aliphatic heterocycles. The van der Waals surface area contributed by atoms with E-state index < -0.39 is 11.9 Å². The second-order valence-corrected chi connectivity index (χ2v) is 10.4. The molecule has 0 unspecified atom stereocenters. The molecule has 5 rings (SSSR count). The zero-order valence-corrected chi connectivity index (χ0v) is 20.8. The topological polar surface area (TPSA) is 127 Å². The lowest BCUT2D eigenvalue weighted by molar-refractivity contribution is -0.138. The summed E-state index contributed by atoms with van der Waals surface area (Å²) in [7, 11) is 0. The van der Waals surface area contributed by atoms with Crippen molar-refractivity contribution in [2.75, 3.05) is 5.32 Å². The molecule has 0 atom stereocenters. The number of nitrogens with zero attached hydrogens (tertiary/aromatic N) is 3. The summed E-state index contributed by atoms with van der Waals surface area (Å²) in [5, 5.41) is 15.5. The number of ether oxygens (including phenoxy) is 1. The predicted molar refractivity (Wildman–Crippen MR) is 135 cm³/mol. The van der Waals surface area contributed by atoms with Gasteiger partial charge in [-0.25, -0.2) is 0 Å². The Bertz CT molecular complexity index is 1190. The van der Waals surface area contributed by atoms with Crippen LogP contribution in [0.5, 0.6) is 6.01 Å². The number of amides is 1. The fourth-order valence-electron chi connectivity index (χ4n) is 5.76. The molecule has 2 heterocycles. The zero-order valence-electron chi connectivity index (χ0n) is 20.8. The molecule has 2 aromatic heterocycles. The first-order chi connectivity index (χ1) is 18.0. The monoisotopic (exact) mass is 504 g/mol. The molecule has 1 amide bonds. The van der Waals surface area contributed by atoms with Gasteiger partial charge in [-0.2, -0.15) is 0 Å². The summed E-state index contributed by atoms with van der Waals surface area (Å²) in [4.78, 5) is 32.2. The van der Waals surface area contributed by atoms with Crippen LogP contribution in [-0.2, 0) is 11.4 Å². The number of carboxylic acid groups (broad SMARTS) is 1. The SMILES string of the molecule is O=C(O)CC1CCC2(CC1)CCC(c1ccc(NC(=O)c3nc(OCc4ccccc4)no3)cn1)CC2. The third kappa shape index (κ3) is 6.34. The zero-order chi connectivity index (χ0) is 25.7. The number of benzene rings is 1. The number of carbonyl (C=O) groups is 2. The van der Waals surface area contributed by atoms with Gasteiger partial charge >= 0.3 is 23.8 Å². The fourth-order valence-corrected chi connectivity index (χ4v) is 5.76. The van der Waals surface area contributed by atoms with Crippen LogP contribution in [0.25, 0.3) is 0 Å². The van der Waals surface area contributed by atoms with Crippen LogP contribution in [0, 0.1) is 11.3 Å². The maximum absolute atomic E-state index is 12.5. The highest BCUT2D eigenvalue weighted by atomic mass is 16.6. The molecule has 2 fully saturated rings. The molecular formula is C28H32N4O5. The van der Waals surface area contributed by atoms with E-state index in [0.717, 1.165) is 49.8 Å². The van der Waals surface area contributed by atoms with Gasteiger partial charge in [-0.1, -0.05) is 30.3 Å². The molecule has 2 saturated carbocycles. The van der Waals surface area contributed by atoms with Gasteiger partial charge < -0.3 is 19.7 Å². The van der Waals surface area contributed by atoms with Crippen molar-refractivity contribution >= 4 is 17.6 Å². The van der Waals surface area contributed by atoms with Crippen LogP contribution >= 0.6 is 0 Å². The first-order valence-electron chi connectivity index (χ1n) is 13.0. The van der Waals surface area contributed by atoms with Crippen LogP contribution < -0.4 is 10.1 Å². The van der Waals surface area contributed by atoms with Crippen molar-refractivity contribution in [3.05, 3.63) is 65.8 Å². The lowest BCUT2D eigenvalue weighted by Gasteiger charge is -2.44. The lowest BCUT2D eigenvalue weighted by Crippen LogP contribution is -2.32. The summed E-state index contributed by atoms with van der Waals surface area (Å²) in [6, 6.07) is 13.4. The Morgan fingerprint density at radius 1 is 1.03 bits per heavy atom. The average molecular weight is 505 g/mol. The van der Waals surface area contributed by atoms with Gasteiger partial charge in [0.1, 0.15) is 6.61 Å². The van der Waals surface area contributed by atoms with Gasteiger partial charge in [0.15, 0.2) is 0 Å². The number of hydrogen-bond acceptors (Lipinski definition) is 7. The Morgan fingerprint density at radius 2 is 1.76 bits per heavy atom. The van der Waals surface area contributed by atoms with Crippen molar-refractivity contribution in [2.45, 2.75) is 70.3 Å². The normalized spacial score (nSPS) is 23.5. The summed E-state index contributed by atoms with van der Waals surface area (Å²) in [5.74, 6) is -0.624. The highest BCUT2D eigenvalue weighted by Crippen LogP contribution is 2.52. The van der Waals surface area contributed by atoms with E-state index in [1.165, 1.54) is 12.8 Å². The molecular weight excluding hydrogens is 472 g/mol. The van der Waals surface area contributed by atoms with Gasteiger partial charge in [0.25, 0.3) is 0 Å². The molecule has 1 aromatic carbocycles. The Balaban J connectivity index is 1.09. The maximum Gasteiger partial charge on any atom is 0.355 e. The number of nitrogens with one attached hydrogen (secondary N) is 1. The van der Waals surface area contributed by atoms with Crippen molar-refractivity contribution < 1.29 is 24.0 Å². The minimum Gasteiger partial charge on any atom is -0.481 e. The van der Waals surface area contributed by atoms with Crippen LogP contribution in [0.1, 0.15) is 85.6 Å². The van der Waals surface area contributed by atoms with E-state index in [1.54, 1.807) is 6.20 Å². The van der Waals surface area contributed by atoms with Crippen LogP contribution in [0.2, 0.25) is 0 Å². The first-order valence-corrected chi connectivity index (χ1v) is 13.0. The number of aliphatic carboxylic acids is 1. The van der Waals surface area contributed by atoms with E-state index in [-0.39, 0.29) is 18.5 Å². The van der Waals surface area contributed by atoms with Gasteiger partial charge in [0.05, 0.1) is 11.9 Å². The molecule has 194 valence electrons. The molecule has 0 saturated heterocycles. The molecule has 2 aliphatic rings. The number of aromatic nitrogens is 3. The van der Waals surface area contributed by atoms with E-state index in [9.17, 15) is 9.59 Å². The molecule has 0 radical (unpaired) electrons. The van der Waals surface area contributed by atoms with E-state index in [4.69, 9.17) is 14.4 Å². The first kappa shape index (κ1) is 24.9. The highest BCUT2D eigenvalue weighted by Gasteiger charge is 2.39. The van der Waals surface area contributed by atoms with Crippen molar-refractivity contribution in [3.8, 4) is 6.01 Å². The van der Waals surface area contributed by atoms with Gasteiger partial charge in [-0.05, 0) is 85.6 Å². The van der Waals surface area contributed by atoms with Gasteiger partial charge in [-0.3, -0.25) is 14.6 Å². The smallest absolute Gasteiger partial charge is 0.355 e. The largest absolute Gasteiger partial charge is 0.481 e. The Hall–Kier alpha value is -3.75. The minimum absolute atomic E-state index is 0.00733. The summed E-state index contributed by atoms with van der Waals surface area (Å²) in [5.41, 5.74) is 2.94. The molecule has 1 spiro atoms. The number of carboxylic acids is 1. The minimum atomic E-state index is -0.676. The highest BCUT2D eigenvalue weighted by molar-refractivity contribution is 6.00. The number of rotatable bonds is 8. The van der Waals surface area contributed by atoms with E-state index in [2.05, 4.69) is 20.4 Å². The number of pyridine rings is 1. The molecule has 9 heteroatoms. The fraction of sp³-hybridized carbons (Fsp3) is 0.464. The van der Waals surface area contributed by atoms with Crippen molar-refractivity contribution in [1.82, 2.24) is 15.1 Å². The molecule has 2 N–H and O–H groups in total. The number of hydrogen-bond donors (Lipinski definition) is 2. The lowest BCUT2D eigenvalue weighted by atomic mass is 9.61. The van der Waals surface area contributed by atoms with Crippen LogP contribution in [0.15, 0.2) is 53.2 Å². The van der Waals surface area contributed by atoms with E-state index >= 15 is 0 Å². The number of carbonyl (C=O) groups excluding carboxylic acids is 1. The third-order valence-electron chi connectivity index (χ3n) is 7.95. The van der Waals surface area contributed by atoms with Crippen LogP contribution in [-0.4, -0.2) is 32.1 Å². The molecule has 37 heavy (non-hydrogen) atoms. The van der Waals surface area contributed by atoms with Crippen LogP contribution in [0.4, 0.5) is 5.69 Å². The summed E-state index contributed by atoms with van der Waals surface area (Å²) in [6.07, 6.45) is 10.8. The summed E-state index contributed by atoms with van der Waals surface area (Å²) >= 11 is 0. The Kier molecular flexibility index (Phi) is 7.48. The molecule has 3 aromatic rings. The molecule has 9 nitrogen and oxygen atoms in total. The quantitative estimate of drug-likeness (QED) is 0.405. The number of anilines is 1. The van der Waals surface area contributed by atoms with Gasteiger partial charge in [-0.15, -0.1) is 4.98 Å². The van der Waals surface area contributed by atoms with Gasteiger partial charge in [0.2, 0.25) is 0 Å². The van der Waals surface area contributed by atoms with E-state index in [1.807, 2.05) is 42.5 Å². The summed E-state index contributed by atoms with van der Waals surface area (Å²) < 4.78 is 10.5.